The van der Waals surface area contributed by atoms with Crippen LogP contribution in [0.4, 0.5) is 0 Å². The Morgan fingerprint density at radius 3 is 2.53 bits per heavy atom. The number of nitrogens with one attached hydrogen (secondary N) is 1. The Morgan fingerprint density at radius 1 is 1.26 bits per heavy atom. The molecule has 104 valence electrons. The number of hydrogen-bond acceptors (Lipinski definition) is 2. The molecule has 0 aliphatic rings. The van der Waals surface area contributed by atoms with Gasteiger partial charge in [0.15, 0.2) is 0 Å². The van der Waals surface area contributed by atoms with Crippen LogP contribution in [0.25, 0.3) is 0 Å². The molecule has 0 fully saturated rings. The molecule has 0 bridgehead atoms. The van der Waals surface area contributed by atoms with E-state index in [9.17, 15) is 9.59 Å². The van der Waals surface area contributed by atoms with Gasteiger partial charge in [0.2, 0.25) is 5.91 Å². The van der Waals surface area contributed by atoms with Gasteiger partial charge < -0.3 is 10.4 Å². The molecule has 0 saturated carbocycles. The van der Waals surface area contributed by atoms with Crippen molar-refractivity contribution in [3.05, 3.63) is 33.8 Å². The largest absolute Gasteiger partial charge is 0.481 e. The van der Waals surface area contributed by atoms with E-state index in [2.05, 4.69) is 5.32 Å². The van der Waals surface area contributed by atoms with E-state index >= 15 is 0 Å². The molecule has 1 aromatic carbocycles. The van der Waals surface area contributed by atoms with E-state index in [0.717, 1.165) is 5.56 Å². The number of benzene rings is 1. The molecule has 0 spiro atoms. The van der Waals surface area contributed by atoms with E-state index in [0.29, 0.717) is 16.5 Å². The number of amides is 1. The van der Waals surface area contributed by atoms with Gasteiger partial charge in [-0.15, -0.1) is 0 Å². The highest BCUT2D eigenvalue weighted by molar-refractivity contribution is 6.42. The van der Waals surface area contributed by atoms with Gasteiger partial charge in [-0.05, 0) is 31.0 Å². The maximum absolute atomic E-state index is 11.6. The van der Waals surface area contributed by atoms with Crippen molar-refractivity contribution in [2.24, 2.45) is 0 Å². The number of carboxylic acids is 1. The molecular formula is C13H15Cl2NO3. The van der Waals surface area contributed by atoms with Gasteiger partial charge in [-0.2, -0.15) is 0 Å². The summed E-state index contributed by atoms with van der Waals surface area (Å²) in [7, 11) is 0. The van der Waals surface area contributed by atoms with Crippen LogP contribution in [0.2, 0.25) is 10.0 Å². The van der Waals surface area contributed by atoms with Gasteiger partial charge in [-0.1, -0.05) is 29.3 Å². The molecule has 4 nitrogen and oxygen atoms in total. The summed E-state index contributed by atoms with van der Waals surface area (Å²) in [5, 5.41) is 12.2. The van der Waals surface area contributed by atoms with Crippen molar-refractivity contribution in [1.29, 1.82) is 0 Å². The molecule has 0 heterocycles. The van der Waals surface area contributed by atoms with Crippen LogP contribution >= 0.6 is 23.2 Å². The molecule has 2 N–H and O–H groups in total. The van der Waals surface area contributed by atoms with E-state index in [-0.39, 0.29) is 24.8 Å². The Bertz CT molecular complexity index is 477. The van der Waals surface area contributed by atoms with Crippen LogP contribution in [0, 0.1) is 0 Å². The summed E-state index contributed by atoms with van der Waals surface area (Å²) in [6.45, 7) is 1.83. The fraction of sp³-hybridized carbons (Fsp3) is 0.385. The molecule has 19 heavy (non-hydrogen) atoms. The fourth-order valence-electron chi connectivity index (χ4n) is 1.58. The average molecular weight is 304 g/mol. The van der Waals surface area contributed by atoms with Crippen LogP contribution in [-0.4, -0.2) is 17.0 Å². The van der Waals surface area contributed by atoms with Gasteiger partial charge in [0.1, 0.15) is 0 Å². The molecule has 0 aliphatic carbocycles. The van der Waals surface area contributed by atoms with E-state index in [4.69, 9.17) is 28.3 Å². The Hall–Kier alpha value is -1.26. The molecule has 1 rings (SSSR count). The van der Waals surface area contributed by atoms with Crippen LogP contribution in [0.15, 0.2) is 18.2 Å². The van der Waals surface area contributed by atoms with Crippen molar-refractivity contribution in [2.45, 2.75) is 32.2 Å². The number of carboxylic acid groups (broad SMARTS) is 1. The van der Waals surface area contributed by atoms with E-state index < -0.39 is 5.97 Å². The van der Waals surface area contributed by atoms with Crippen LogP contribution in [0.3, 0.4) is 0 Å². The van der Waals surface area contributed by atoms with E-state index in [1.165, 1.54) is 0 Å². The first kappa shape index (κ1) is 15.8. The highest BCUT2D eigenvalue weighted by atomic mass is 35.5. The van der Waals surface area contributed by atoms with Gasteiger partial charge in [0, 0.05) is 12.8 Å². The van der Waals surface area contributed by atoms with Gasteiger partial charge >= 0.3 is 5.97 Å². The number of aliphatic carboxylic acids is 1. The third-order valence-electron chi connectivity index (χ3n) is 2.62. The molecule has 0 saturated heterocycles. The lowest BCUT2D eigenvalue weighted by Crippen LogP contribution is -2.26. The summed E-state index contributed by atoms with van der Waals surface area (Å²) in [6, 6.07) is 4.96. The summed E-state index contributed by atoms with van der Waals surface area (Å²) in [5.41, 5.74) is 0.848. The second kappa shape index (κ2) is 7.36. The maximum Gasteiger partial charge on any atom is 0.303 e. The summed E-state index contributed by atoms with van der Waals surface area (Å²) in [4.78, 5) is 21.9. The Labute approximate surface area is 121 Å². The number of hydrogen-bond donors (Lipinski definition) is 2. The van der Waals surface area contributed by atoms with Gasteiger partial charge in [0.05, 0.1) is 16.1 Å². The molecule has 0 radical (unpaired) electrons. The first-order chi connectivity index (χ1) is 8.90. The molecule has 1 amide bonds. The van der Waals surface area contributed by atoms with Crippen LogP contribution in [0.5, 0.6) is 0 Å². The van der Waals surface area contributed by atoms with Crippen LogP contribution in [0.1, 0.15) is 37.8 Å². The maximum atomic E-state index is 11.6. The smallest absolute Gasteiger partial charge is 0.303 e. The molecule has 0 aromatic heterocycles. The molecule has 1 aromatic rings. The number of halogens is 2. The standard InChI is InChI=1S/C13H15Cl2NO3/c1-8(9-5-6-10(14)11(15)7-9)16-12(17)3-2-4-13(18)19/h5-8H,2-4H2,1H3,(H,16,17)(H,18,19). The lowest BCUT2D eigenvalue weighted by molar-refractivity contribution is -0.137. The van der Waals surface area contributed by atoms with Crippen molar-refractivity contribution in [3.63, 3.8) is 0 Å². The number of carbonyl (C=O) groups is 2. The van der Waals surface area contributed by atoms with Crippen molar-refractivity contribution < 1.29 is 14.7 Å². The summed E-state index contributed by atoms with van der Waals surface area (Å²) in [6.07, 6.45) is 0.516. The van der Waals surface area contributed by atoms with Gasteiger partial charge in [-0.3, -0.25) is 9.59 Å². The van der Waals surface area contributed by atoms with Crippen LogP contribution < -0.4 is 5.32 Å². The minimum absolute atomic E-state index is 0.00538. The van der Waals surface area contributed by atoms with Gasteiger partial charge in [-0.25, -0.2) is 0 Å². The molecule has 1 unspecified atom stereocenters. The predicted molar refractivity (Wildman–Crippen MR) is 74.5 cm³/mol. The zero-order valence-electron chi connectivity index (χ0n) is 10.5. The Balaban J connectivity index is 2.49. The average Bonchev–Trinajstić information content (AvgIpc) is 2.32. The monoisotopic (exact) mass is 303 g/mol. The normalized spacial score (nSPS) is 11.9. The van der Waals surface area contributed by atoms with Crippen molar-refractivity contribution >= 4 is 35.1 Å². The molecule has 6 heteroatoms. The van der Waals surface area contributed by atoms with Crippen molar-refractivity contribution in [1.82, 2.24) is 5.32 Å². The first-order valence-electron chi connectivity index (χ1n) is 5.86. The highest BCUT2D eigenvalue weighted by Gasteiger charge is 2.11. The lowest BCUT2D eigenvalue weighted by Gasteiger charge is -2.14. The predicted octanol–water partition coefficient (Wildman–Crippen LogP) is 3.43. The minimum atomic E-state index is -0.898. The topological polar surface area (TPSA) is 66.4 Å². The van der Waals surface area contributed by atoms with Crippen LogP contribution in [-0.2, 0) is 9.59 Å². The quantitative estimate of drug-likeness (QED) is 0.846. The first-order valence-corrected chi connectivity index (χ1v) is 6.62. The zero-order valence-corrected chi connectivity index (χ0v) is 12.0. The third-order valence-corrected chi connectivity index (χ3v) is 3.35. The molecular weight excluding hydrogens is 289 g/mol. The third kappa shape index (κ3) is 5.49. The number of rotatable bonds is 6. The highest BCUT2D eigenvalue weighted by Crippen LogP contribution is 2.25. The SMILES string of the molecule is CC(NC(=O)CCCC(=O)O)c1ccc(Cl)c(Cl)c1. The fourth-order valence-corrected chi connectivity index (χ4v) is 1.89. The summed E-state index contributed by atoms with van der Waals surface area (Å²) < 4.78 is 0. The molecule has 1 atom stereocenters. The van der Waals surface area contributed by atoms with E-state index in [1.54, 1.807) is 18.2 Å². The second-order valence-electron chi connectivity index (χ2n) is 4.21. The van der Waals surface area contributed by atoms with E-state index in [1.807, 2.05) is 6.92 Å². The molecule has 0 aliphatic heterocycles. The summed E-state index contributed by atoms with van der Waals surface area (Å²) >= 11 is 11.7. The van der Waals surface area contributed by atoms with Crippen molar-refractivity contribution in [2.75, 3.05) is 0 Å². The van der Waals surface area contributed by atoms with Gasteiger partial charge in [0.25, 0.3) is 0 Å². The summed E-state index contributed by atoms with van der Waals surface area (Å²) in [5.74, 6) is -1.08. The minimum Gasteiger partial charge on any atom is -0.481 e. The van der Waals surface area contributed by atoms with Crippen molar-refractivity contribution in [3.8, 4) is 0 Å². The second-order valence-corrected chi connectivity index (χ2v) is 5.02. The lowest BCUT2D eigenvalue weighted by atomic mass is 10.1. The Kier molecular flexibility index (Phi) is 6.12. The number of carbonyl (C=O) groups excluding carboxylic acids is 1. The zero-order chi connectivity index (χ0) is 14.4. The Morgan fingerprint density at radius 2 is 1.95 bits per heavy atom.